The van der Waals surface area contributed by atoms with E-state index in [4.69, 9.17) is 0 Å². The largest absolute Gasteiger partial charge is 0.391 e. The molecule has 0 saturated heterocycles. The molecular weight excluding hydrogens is 288 g/mol. The molecule has 1 aliphatic rings. The van der Waals surface area contributed by atoms with Gasteiger partial charge < -0.3 is 10.4 Å². The summed E-state index contributed by atoms with van der Waals surface area (Å²) in [5.41, 5.74) is 0.593. The zero-order chi connectivity index (χ0) is 15.3. The van der Waals surface area contributed by atoms with Gasteiger partial charge in [0.25, 0.3) is 0 Å². The maximum Gasteiger partial charge on any atom is 0.242 e. The average molecular weight is 312 g/mol. The second-order valence-corrected chi connectivity index (χ2v) is 7.14. The van der Waals surface area contributed by atoms with E-state index in [-0.39, 0.29) is 4.90 Å². The van der Waals surface area contributed by atoms with E-state index in [0.717, 1.165) is 19.3 Å². The van der Waals surface area contributed by atoms with E-state index in [2.05, 4.69) is 10.0 Å². The smallest absolute Gasteiger partial charge is 0.242 e. The van der Waals surface area contributed by atoms with Crippen molar-refractivity contribution in [3.05, 3.63) is 24.3 Å². The van der Waals surface area contributed by atoms with Crippen molar-refractivity contribution in [3.8, 4) is 0 Å². The second kappa shape index (κ2) is 7.24. The molecule has 0 radical (unpaired) electrons. The van der Waals surface area contributed by atoms with Gasteiger partial charge in [0, 0.05) is 12.6 Å². The SMILES string of the molecule is CCNc1ccccc1S(=O)(=O)NC1CCCCCC1O. The lowest BCUT2D eigenvalue weighted by Crippen LogP contribution is -2.42. The van der Waals surface area contributed by atoms with E-state index in [1.807, 2.05) is 6.92 Å². The molecule has 1 aliphatic carbocycles. The Morgan fingerprint density at radius 2 is 1.90 bits per heavy atom. The van der Waals surface area contributed by atoms with E-state index >= 15 is 0 Å². The van der Waals surface area contributed by atoms with Crippen LogP contribution in [0.15, 0.2) is 29.2 Å². The summed E-state index contributed by atoms with van der Waals surface area (Å²) < 4.78 is 27.9. The lowest BCUT2D eigenvalue weighted by Gasteiger charge is -2.22. The fraction of sp³-hybridized carbons (Fsp3) is 0.600. The van der Waals surface area contributed by atoms with Gasteiger partial charge in [0.2, 0.25) is 10.0 Å². The summed E-state index contributed by atoms with van der Waals surface area (Å²) in [4.78, 5) is 0.239. The Morgan fingerprint density at radius 3 is 2.67 bits per heavy atom. The lowest BCUT2D eigenvalue weighted by atomic mass is 10.1. The minimum absolute atomic E-state index is 0.239. The van der Waals surface area contributed by atoms with Crippen LogP contribution in [0.2, 0.25) is 0 Å². The Hall–Kier alpha value is -1.11. The maximum absolute atomic E-state index is 12.6. The van der Waals surface area contributed by atoms with Crippen LogP contribution in [0.4, 0.5) is 5.69 Å². The molecule has 0 aliphatic heterocycles. The van der Waals surface area contributed by atoms with E-state index in [1.54, 1.807) is 24.3 Å². The minimum atomic E-state index is -3.63. The molecule has 2 unspecified atom stereocenters. The van der Waals surface area contributed by atoms with E-state index in [9.17, 15) is 13.5 Å². The van der Waals surface area contributed by atoms with Crippen LogP contribution in [0.5, 0.6) is 0 Å². The number of benzene rings is 1. The van der Waals surface area contributed by atoms with Gasteiger partial charge in [-0.25, -0.2) is 13.1 Å². The van der Waals surface area contributed by atoms with Gasteiger partial charge >= 0.3 is 0 Å². The predicted molar refractivity (Wildman–Crippen MR) is 83.8 cm³/mol. The highest BCUT2D eigenvalue weighted by molar-refractivity contribution is 7.89. The molecule has 0 spiro atoms. The summed E-state index contributed by atoms with van der Waals surface area (Å²) in [7, 11) is -3.63. The van der Waals surface area contributed by atoms with E-state index in [0.29, 0.717) is 25.1 Å². The first-order chi connectivity index (χ1) is 10.0. The zero-order valence-electron chi connectivity index (χ0n) is 12.4. The molecule has 118 valence electrons. The number of hydrogen-bond donors (Lipinski definition) is 3. The molecule has 0 aromatic heterocycles. The lowest BCUT2D eigenvalue weighted by molar-refractivity contribution is 0.130. The molecule has 1 aromatic carbocycles. The van der Waals surface area contributed by atoms with Gasteiger partial charge in [-0.15, -0.1) is 0 Å². The fourth-order valence-electron chi connectivity index (χ4n) is 2.73. The van der Waals surface area contributed by atoms with Crippen LogP contribution in [0.3, 0.4) is 0 Å². The van der Waals surface area contributed by atoms with E-state index < -0.39 is 22.2 Å². The van der Waals surface area contributed by atoms with Crippen LogP contribution in [-0.2, 0) is 10.0 Å². The van der Waals surface area contributed by atoms with Crippen molar-refractivity contribution in [1.29, 1.82) is 0 Å². The number of rotatable bonds is 5. The molecule has 1 saturated carbocycles. The predicted octanol–water partition coefficient (Wildman–Crippen LogP) is 2.09. The molecule has 1 fully saturated rings. The number of nitrogens with one attached hydrogen (secondary N) is 2. The third kappa shape index (κ3) is 4.18. The fourth-order valence-corrected chi connectivity index (χ4v) is 4.21. The van der Waals surface area contributed by atoms with Crippen LogP contribution < -0.4 is 10.0 Å². The van der Waals surface area contributed by atoms with Crippen molar-refractivity contribution >= 4 is 15.7 Å². The summed E-state index contributed by atoms with van der Waals surface area (Å²) in [6, 6.07) is 6.45. The average Bonchev–Trinajstić information content (AvgIpc) is 2.65. The summed E-state index contributed by atoms with van der Waals surface area (Å²) in [6.07, 6.45) is 3.68. The minimum Gasteiger partial charge on any atom is -0.391 e. The number of para-hydroxylation sites is 1. The van der Waals surface area contributed by atoms with Gasteiger partial charge in [-0.1, -0.05) is 31.4 Å². The Kier molecular flexibility index (Phi) is 5.61. The summed E-state index contributed by atoms with van der Waals surface area (Å²) in [5.74, 6) is 0. The topological polar surface area (TPSA) is 78.4 Å². The van der Waals surface area contributed by atoms with Crippen molar-refractivity contribution in [2.24, 2.45) is 0 Å². The van der Waals surface area contributed by atoms with Crippen molar-refractivity contribution in [3.63, 3.8) is 0 Å². The molecule has 0 amide bonds. The Balaban J connectivity index is 2.21. The number of sulfonamides is 1. The second-order valence-electron chi connectivity index (χ2n) is 5.46. The highest BCUT2D eigenvalue weighted by Gasteiger charge is 2.28. The van der Waals surface area contributed by atoms with Crippen molar-refractivity contribution < 1.29 is 13.5 Å². The molecule has 1 aromatic rings. The number of hydrogen-bond acceptors (Lipinski definition) is 4. The normalized spacial score (nSPS) is 23.5. The Labute approximate surface area is 126 Å². The first-order valence-electron chi connectivity index (χ1n) is 7.58. The van der Waals surface area contributed by atoms with Crippen molar-refractivity contribution in [2.75, 3.05) is 11.9 Å². The quantitative estimate of drug-likeness (QED) is 0.728. The van der Waals surface area contributed by atoms with Crippen LogP contribution >= 0.6 is 0 Å². The van der Waals surface area contributed by atoms with Gasteiger partial charge in [0.1, 0.15) is 4.90 Å². The first kappa shape index (κ1) is 16.3. The molecule has 2 atom stereocenters. The zero-order valence-corrected chi connectivity index (χ0v) is 13.2. The van der Waals surface area contributed by atoms with Gasteiger partial charge in [0.15, 0.2) is 0 Å². The first-order valence-corrected chi connectivity index (χ1v) is 9.06. The molecule has 5 nitrogen and oxygen atoms in total. The third-order valence-electron chi connectivity index (χ3n) is 3.83. The van der Waals surface area contributed by atoms with Crippen LogP contribution in [0.1, 0.15) is 39.0 Å². The van der Waals surface area contributed by atoms with E-state index in [1.165, 1.54) is 0 Å². The molecule has 6 heteroatoms. The van der Waals surface area contributed by atoms with Crippen LogP contribution in [0.25, 0.3) is 0 Å². The Bertz CT molecular complexity index is 560. The number of aliphatic hydroxyl groups excluding tert-OH is 1. The highest BCUT2D eigenvalue weighted by atomic mass is 32.2. The third-order valence-corrected chi connectivity index (χ3v) is 5.38. The highest BCUT2D eigenvalue weighted by Crippen LogP contribution is 2.24. The van der Waals surface area contributed by atoms with Crippen LogP contribution in [-0.4, -0.2) is 32.2 Å². The van der Waals surface area contributed by atoms with Crippen molar-refractivity contribution in [1.82, 2.24) is 4.72 Å². The van der Waals surface area contributed by atoms with Gasteiger partial charge in [0.05, 0.1) is 11.8 Å². The number of anilines is 1. The molecule has 0 bridgehead atoms. The van der Waals surface area contributed by atoms with Gasteiger partial charge in [-0.3, -0.25) is 0 Å². The molecule has 3 N–H and O–H groups in total. The summed E-state index contributed by atoms with van der Waals surface area (Å²) in [5, 5.41) is 13.2. The maximum atomic E-state index is 12.6. The standard InChI is InChI=1S/C15H24N2O3S/c1-2-16-13-9-6-7-11-15(13)21(19,20)17-12-8-4-3-5-10-14(12)18/h6-7,9,11-12,14,16-18H,2-5,8,10H2,1H3. The van der Waals surface area contributed by atoms with Crippen molar-refractivity contribution in [2.45, 2.75) is 56.1 Å². The Morgan fingerprint density at radius 1 is 1.19 bits per heavy atom. The molecule has 21 heavy (non-hydrogen) atoms. The molecular formula is C15H24N2O3S. The molecule has 2 rings (SSSR count). The van der Waals surface area contributed by atoms with Gasteiger partial charge in [-0.2, -0.15) is 0 Å². The van der Waals surface area contributed by atoms with Gasteiger partial charge in [-0.05, 0) is 31.9 Å². The summed E-state index contributed by atoms with van der Waals surface area (Å²) >= 11 is 0. The summed E-state index contributed by atoms with van der Waals surface area (Å²) in [6.45, 7) is 2.57. The number of aliphatic hydroxyl groups is 1. The molecule has 0 heterocycles. The monoisotopic (exact) mass is 312 g/mol. The van der Waals surface area contributed by atoms with Crippen LogP contribution in [0, 0.1) is 0 Å².